The summed E-state index contributed by atoms with van der Waals surface area (Å²) in [5.74, 6) is -0.280. The van der Waals surface area contributed by atoms with Crippen LogP contribution < -0.4 is 0 Å². The fourth-order valence-corrected chi connectivity index (χ4v) is 1.69. The van der Waals surface area contributed by atoms with E-state index >= 15 is 0 Å². The van der Waals surface area contributed by atoms with Gasteiger partial charge in [-0.25, -0.2) is 5.06 Å². The summed E-state index contributed by atoms with van der Waals surface area (Å²) >= 11 is 0. The summed E-state index contributed by atoms with van der Waals surface area (Å²) < 4.78 is 0. The van der Waals surface area contributed by atoms with Crippen molar-refractivity contribution in [2.75, 3.05) is 20.8 Å². The molecule has 0 aliphatic carbocycles. The van der Waals surface area contributed by atoms with Crippen molar-refractivity contribution in [3.05, 3.63) is 0 Å². The van der Waals surface area contributed by atoms with Crippen LogP contribution in [0.5, 0.6) is 0 Å². The van der Waals surface area contributed by atoms with Gasteiger partial charge in [-0.05, 0) is 12.8 Å². The van der Waals surface area contributed by atoms with E-state index in [0.29, 0.717) is 6.42 Å². The van der Waals surface area contributed by atoms with Crippen LogP contribution in [0, 0.1) is 0 Å². The van der Waals surface area contributed by atoms with Crippen LogP contribution in [-0.2, 0) is 9.63 Å². The normalized spacial score (nSPS) is 16.1. The van der Waals surface area contributed by atoms with Crippen LogP contribution in [-0.4, -0.2) is 58.8 Å². The predicted octanol–water partition coefficient (Wildman–Crippen LogP) is 0.0609. The SMILES string of the molecule is CCCC[C@@](O)(CCC(=O)N(C)OC)[C@@H](O)CO. The van der Waals surface area contributed by atoms with Crippen LogP contribution in [0.4, 0.5) is 0 Å². The Labute approximate surface area is 108 Å². The third-order valence-electron chi connectivity index (χ3n) is 3.15. The lowest BCUT2D eigenvalue weighted by Gasteiger charge is -2.32. The maximum Gasteiger partial charge on any atom is 0.245 e. The van der Waals surface area contributed by atoms with E-state index in [1.54, 1.807) is 0 Å². The number of aliphatic hydroxyl groups is 3. The number of rotatable bonds is 9. The number of nitrogens with zero attached hydrogens (tertiary/aromatic N) is 1. The highest BCUT2D eigenvalue weighted by Crippen LogP contribution is 2.25. The monoisotopic (exact) mass is 263 g/mol. The molecule has 18 heavy (non-hydrogen) atoms. The molecule has 0 aromatic heterocycles. The number of amides is 1. The third-order valence-corrected chi connectivity index (χ3v) is 3.15. The van der Waals surface area contributed by atoms with E-state index in [9.17, 15) is 15.0 Å². The summed E-state index contributed by atoms with van der Waals surface area (Å²) in [5, 5.41) is 30.0. The first-order valence-electron chi connectivity index (χ1n) is 6.23. The number of hydrogen-bond acceptors (Lipinski definition) is 5. The summed E-state index contributed by atoms with van der Waals surface area (Å²) in [7, 11) is 2.86. The average Bonchev–Trinajstić information content (AvgIpc) is 2.40. The zero-order valence-corrected chi connectivity index (χ0v) is 11.4. The molecule has 1 amide bonds. The van der Waals surface area contributed by atoms with Crippen molar-refractivity contribution in [2.24, 2.45) is 0 Å². The Morgan fingerprint density at radius 1 is 1.44 bits per heavy atom. The van der Waals surface area contributed by atoms with Crippen molar-refractivity contribution in [1.29, 1.82) is 0 Å². The topological polar surface area (TPSA) is 90.2 Å². The molecule has 0 aromatic carbocycles. The first kappa shape index (κ1) is 17.3. The molecule has 0 rings (SSSR count). The Bertz CT molecular complexity index is 249. The number of aliphatic hydroxyl groups excluding tert-OH is 2. The van der Waals surface area contributed by atoms with Gasteiger partial charge in [-0.2, -0.15) is 0 Å². The molecule has 6 heteroatoms. The molecular formula is C12H25NO5. The number of hydrogen-bond donors (Lipinski definition) is 3. The van der Waals surface area contributed by atoms with Gasteiger partial charge in [-0.3, -0.25) is 9.63 Å². The molecule has 0 unspecified atom stereocenters. The first-order chi connectivity index (χ1) is 8.41. The van der Waals surface area contributed by atoms with Crippen LogP contribution in [0.25, 0.3) is 0 Å². The Hall–Kier alpha value is -0.690. The van der Waals surface area contributed by atoms with E-state index in [0.717, 1.165) is 17.9 Å². The van der Waals surface area contributed by atoms with Crippen LogP contribution in [0.2, 0.25) is 0 Å². The summed E-state index contributed by atoms with van der Waals surface area (Å²) in [5.41, 5.74) is -1.42. The van der Waals surface area contributed by atoms with Gasteiger partial charge in [0, 0.05) is 13.5 Å². The molecule has 0 saturated carbocycles. The fraction of sp³-hybridized carbons (Fsp3) is 0.917. The van der Waals surface area contributed by atoms with Crippen molar-refractivity contribution < 1.29 is 25.0 Å². The first-order valence-corrected chi connectivity index (χ1v) is 6.23. The van der Waals surface area contributed by atoms with Crippen LogP contribution in [0.3, 0.4) is 0 Å². The average molecular weight is 263 g/mol. The summed E-state index contributed by atoms with van der Waals surface area (Å²) in [6.45, 7) is 1.45. The second-order valence-corrected chi connectivity index (χ2v) is 4.48. The quantitative estimate of drug-likeness (QED) is 0.512. The molecule has 0 bridgehead atoms. The summed E-state index contributed by atoms with van der Waals surface area (Å²) in [4.78, 5) is 16.3. The highest BCUT2D eigenvalue weighted by atomic mass is 16.7. The minimum Gasteiger partial charge on any atom is -0.394 e. The molecule has 6 nitrogen and oxygen atoms in total. The van der Waals surface area contributed by atoms with Gasteiger partial charge in [0.2, 0.25) is 5.91 Å². The standard InChI is InChI=1S/C12H25NO5/c1-4-5-7-12(17,10(15)9-14)8-6-11(16)13(2)18-3/h10,14-15,17H,4-9H2,1-3H3/t10-,12+/m0/s1. The highest BCUT2D eigenvalue weighted by molar-refractivity contribution is 5.74. The lowest BCUT2D eigenvalue weighted by Crippen LogP contribution is -2.45. The van der Waals surface area contributed by atoms with Crippen LogP contribution >= 0.6 is 0 Å². The maximum absolute atomic E-state index is 11.6. The number of hydroxylamine groups is 2. The Balaban J connectivity index is 4.45. The van der Waals surface area contributed by atoms with Crippen LogP contribution in [0.15, 0.2) is 0 Å². The summed E-state index contributed by atoms with van der Waals surface area (Å²) in [6, 6.07) is 0. The van der Waals surface area contributed by atoms with E-state index in [4.69, 9.17) is 9.94 Å². The van der Waals surface area contributed by atoms with E-state index < -0.39 is 18.3 Å². The molecule has 0 spiro atoms. The number of unbranched alkanes of at least 4 members (excludes halogenated alkanes) is 1. The smallest absolute Gasteiger partial charge is 0.245 e. The van der Waals surface area contributed by atoms with Gasteiger partial charge in [-0.1, -0.05) is 19.8 Å². The van der Waals surface area contributed by atoms with E-state index in [1.807, 2.05) is 6.92 Å². The van der Waals surface area contributed by atoms with Gasteiger partial charge >= 0.3 is 0 Å². The van der Waals surface area contributed by atoms with Gasteiger partial charge in [-0.15, -0.1) is 0 Å². The highest BCUT2D eigenvalue weighted by Gasteiger charge is 2.35. The molecular weight excluding hydrogens is 238 g/mol. The second kappa shape index (κ2) is 8.42. The molecule has 0 radical (unpaired) electrons. The molecule has 108 valence electrons. The van der Waals surface area contributed by atoms with Gasteiger partial charge in [0.1, 0.15) is 6.10 Å². The van der Waals surface area contributed by atoms with E-state index in [2.05, 4.69) is 0 Å². The lowest BCUT2D eigenvalue weighted by molar-refractivity contribution is -0.171. The third kappa shape index (κ3) is 5.30. The molecule has 0 fully saturated rings. The summed E-state index contributed by atoms with van der Waals surface area (Å²) in [6.07, 6.45) is 0.872. The van der Waals surface area contributed by atoms with Crippen molar-refractivity contribution in [1.82, 2.24) is 5.06 Å². The van der Waals surface area contributed by atoms with Gasteiger partial charge < -0.3 is 15.3 Å². The number of carbonyl (C=O) groups is 1. The fourth-order valence-electron chi connectivity index (χ4n) is 1.69. The molecule has 0 saturated heterocycles. The zero-order chi connectivity index (χ0) is 14.2. The molecule has 0 aliphatic rings. The molecule has 0 aliphatic heterocycles. The lowest BCUT2D eigenvalue weighted by atomic mass is 9.86. The second-order valence-electron chi connectivity index (χ2n) is 4.48. The van der Waals surface area contributed by atoms with Crippen molar-refractivity contribution in [2.45, 2.75) is 50.7 Å². The molecule has 3 N–H and O–H groups in total. The minimum absolute atomic E-state index is 0.0572. The van der Waals surface area contributed by atoms with Gasteiger partial charge in [0.05, 0.1) is 19.3 Å². The number of carbonyl (C=O) groups excluding carboxylic acids is 1. The largest absolute Gasteiger partial charge is 0.394 e. The van der Waals surface area contributed by atoms with E-state index in [-0.39, 0.29) is 18.7 Å². The van der Waals surface area contributed by atoms with E-state index in [1.165, 1.54) is 14.2 Å². The molecule has 2 atom stereocenters. The molecule has 0 aromatic rings. The Kier molecular flexibility index (Phi) is 8.10. The van der Waals surface area contributed by atoms with Crippen LogP contribution in [0.1, 0.15) is 39.0 Å². The predicted molar refractivity (Wildman–Crippen MR) is 66.6 cm³/mol. The van der Waals surface area contributed by atoms with Crippen molar-refractivity contribution >= 4 is 5.91 Å². The Morgan fingerprint density at radius 2 is 2.06 bits per heavy atom. The van der Waals surface area contributed by atoms with Crippen molar-refractivity contribution in [3.8, 4) is 0 Å². The van der Waals surface area contributed by atoms with Gasteiger partial charge in [0.15, 0.2) is 0 Å². The zero-order valence-electron chi connectivity index (χ0n) is 11.4. The molecule has 0 heterocycles. The van der Waals surface area contributed by atoms with Crippen molar-refractivity contribution in [3.63, 3.8) is 0 Å². The Morgan fingerprint density at radius 3 is 2.50 bits per heavy atom. The minimum atomic E-state index is -1.42. The van der Waals surface area contributed by atoms with Gasteiger partial charge in [0.25, 0.3) is 0 Å². The maximum atomic E-state index is 11.6.